The number of para-hydroxylation sites is 1. The first-order valence-electron chi connectivity index (χ1n) is 9.22. The number of carbonyl (C=O) groups is 1. The fourth-order valence-corrected chi connectivity index (χ4v) is 3.63. The van der Waals surface area contributed by atoms with E-state index in [1.165, 1.54) is 17.3 Å². The molecule has 0 heterocycles. The molecule has 0 radical (unpaired) electrons. The molecule has 0 unspecified atom stereocenters. The van der Waals surface area contributed by atoms with Crippen molar-refractivity contribution in [3.05, 3.63) is 83.9 Å². The molecule has 3 N–H and O–H groups in total. The maximum absolute atomic E-state index is 12.3. The first-order valence-corrected chi connectivity index (χ1v) is 10.6. The highest BCUT2D eigenvalue weighted by Crippen LogP contribution is 2.22. The average molecular weight is 422 g/mol. The molecule has 0 aliphatic heterocycles. The van der Waals surface area contributed by atoms with Gasteiger partial charge in [0.05, 0.1) is 5.75 Å². The Morgan fingerprint density at radius 2 is 1.48 bits per heavy atom. The molecule has 6 heteroatoms. The summed E-state index contributed by atoms with van der Waals surface area (Å²) in [5.74, 6) is 0.307. The largest absolute Gasteiger partial charge is 0.332 e. The van der Waals surface area contributed by atoms with E-state index in [4.69, 9.17) is 12.2 Å². The monoisotopic (exact) mass is 421 g/mol. The van der Waals surface area contributed by atoms with Crippen LogP contribution in [-0.2, 0) is 4.79 Å². The van der Waals surface area contributed by atoms with E-state index in [1.807, 2.05) is 79.7 Å². The molecule has 0 aliphatic rings. The normalized spacial score (nSPS) is 10.3. The van der Waals surface area contributed by atoms with E-state index in [0.717, 1.165) is 27.5 Å². The third-order valence-corrected chi connectivity index (χ3v) is 5.48. The van der Waals surface area contributed by atoms with Gasteiger partial charge in [0.25, 0.3) is 0 Å². The number of hydrogen-bond acceptors (Lipinski definition) is 3. The summed E-state index contributed by atoms with van der Waals surface area (Å²) in [4.78, 5) is 13.3. The van der Waals surface area contributed by atoms with Gasteiger partial charge in [0.2, 0.25) is 5.91 Å². The first-order chi connectivity index (χ1) is 14.0. The van der Waals surface area contributed by atoms with Gasteiger partial charge >= 0.3 is 0 Å². The summed E-state index contributed by atoms with van der Waals surface area (Å²) >= 11 is 6.85. The van der Waals surface area contributed by atoms with Gasteiger partial charge in [-0.25, -0.2) is 0 Å². The molecule has 0 atom stereocenters. The summed E-state index contributed by atoms with van der Waals surface area (Å²) in [6.07, 6.45) is 0. The number of aryl methyl sites for hydroxylation is 2. The van der Waals surface area contributed by atoms with Crippen molar-refractivity contribution in [1.82, 2.24) is 0 Å². The Balaban J connectivity index is 1.52. The van der Waals surface area contributed by atoms with Crippen molar-refractivity contribution in [3.8, 4) is 0 Å². The van der Waals surface area contributed by atoms with Crippen molar-refractivity contribution < 1.29 is 4.79 Å². The molecule has 0 saturated carbocycles. The molecular weight excluding hydrogens is 398 g/mol. The Hall–Kier alpha value is -2.83. The second kappa shape index (κ2) is 10.1. The van der Waals surface area contributed by atoms with E-state index >= 15 is 0 Å². The van der Waals surface area contributed by atoms with E-state index in [9.17, 15) is 4.79 Å². The summed E-state index contributed by atoms with van der Waals surface area (Å²) < 4.78 is 0. The van der Waals surface area contributed by atoms with Crippen molar-refractivity contribution in [2.75, 3.05) is 21.7 Å². The van der Waals surface area contributed by atoms with Crippen molar-refractivity contribution >= 4 is 52.1 Å². The minimum atomic E-state index is -0.0297. The highest BCUT2D eigenvalue weighted by atomic mass is 32.2. The third-order valence-electron chi connectivity index (χ3n) is 4.28. The molecule has 0 fully saturated rings. The van der Waals surface area contributed by atoms with E-state index in [1.54, 1.807) is 0 Å². The van der Waals surface area contributed by atoms with E-state index in [-0.39, 0.29) is 5.91 Å². The average Bonchev–Trinajstić information content (AvgIpc) is 2.70. The third kappa shape index (κ3) is 6.62. The number of hydrogen-bond donors (Lipinski definition) is 3. The van der Waals surface area contributed by atoms with Crippen molar-refractivity contribution in [2.24, 2.45) is 0 Å². The van der Waals surface area contributed by atoms with Crippen LogP contribution in [-0.4, -0.2) is 16.8 Å². The molecule has 148 valence electrons. The fourth-order valence-electron chi connectivity index (χ4n) is 2.64. The molecule has 3 aromatic rings. The van der Waals surface area contributed by atoms with Crippen molar-refractivity contribution in [1.29, 1.82) is 0 Å². The van der Waals surface area contributed by atoms with Crippen LogP contribution in [0.5, 0.6) is 0 Å². The summed E-state index contributed by atoms with van der Waals surface area (Å²) in [6.45, 7) is 4.09. The highest BCUT2D eigenvalue weighted by molar-refractivity contribution is 8.00. The predicted molar refractivity (Wildman–Crippen MR) is 128 cm³/mol. The highest BCUT2D eigenvalue weighted by Gasteiger charge is 2.06. The standard InChI is InChI=1S/C23H23N3OS2/c1-16-11-12-20(13-17(16)2)24-22(27)15-29-21-10-6-9-19(14-21)26-23(28)25-18-7-4-3-5-8-18/h3-14H,15H2,1-2H3,(H,24,27)(H2,25,26,28). The molecule has 29 heavy (non-hydrogen) atoms. The van der Waals surface area contributed by atoms with Crippen LogP contribution in [0, 0.1) is 13.8 Å². The second-order valence-electron chi connectivity index (χ2n) is 6.61. The van der Waals surface area contributed by atoms with Crippen molar-refractivity contribution in [3.63, 3.8) is 0 Å². The lowest BCUT2D eigenvalue weighted by molar-refractivity contribution is -0.113. The van der Waals surface area contributed by atoms with Gasteiger partial charge in [0.15, 0.2) is 5.11 Å². The molecule has 4 nitrogen and oxygen atoms in total. The maximum atomic E-state index is 12.3. The van der Waals surface area contributed by atoms with Gasteiger partial charge in [-0.05, 0) is 79.7 Å². The number of rotatable bonds is 6. The number of amides is 1. The van der Waals surface area contributed by atoms with Crippen LogP contribution >= 0.6 is 24.0 Å². The lowest BCUT2D eigenvalue weighted by Gasteiger charge is -2.11. The minimum Gasteiger partial charge on any atom is -0.332 e. The van der Waals surface area contributed by atoms with Crippen LogP contribution in [0.1, 0.15) is 11.1 Å². The Labute approximate surface area is 181 Å². The number of benzene rings is 3. The molecule has 0 aromatic heterocycles. The van der Waals surface area contributed by atoms with Gasteiger partial charge in [-0.3, -0.25) is 4.79 Å². The molecule has 0 aliphatic carbocycles. The Morgan fingerprint density at radius 3 is 2.24 bits per heavy atom. The van der Waals surface area contributed by atoms with Crippen LogP contribution in [0.15, 0.2) is 77.7 Å². The molecule has 0 spiro atoms. The Kier molecular flexibility index (Phi) is 7.27. The summed E-state index contributed by atoms with van der Waals surface area (Å²) in [7, 11) is 0. The second-order valence-corrected chi connectivity index (χ2v) is 8.07. The van der Waals surface area contributed by atoms with E-state index in [2.05, 4.69) is 22.9 Å². The molecule has 3 aromatic carbocycles. The molecular formula is C23H23N3OS2. The predicted octanol–water partition coefficient (Wildman–Crippen LogP) is 5.84. The maximum Gasteiger partial charge on any atom is 0.234 e. The number of carbonyl (C=O) groups excluding carboxylic acids is 1. The zero-order valence-corrected chi connectivity index (χ0v) is 18.0. The number of nitrogens with one attached hydrogen (secondary N) is 3. The minimum absolute atomic E-state index is 0.0297. The molecule has 3 rings (SSSR count). The van der Waals surface area contributed by atoms with E-state index in [0.29, 0.717) is 10.9 Å². The van der Waals surface area contributed by atoms with Crippen LogP contribution in [0.25, 0.3) is 0 Å². The topological polar surface area (TPSA) is 53.2 Å². The fraction of sp³-hybridized carbons (Fsp3) is 0.130. The van der Waals surface area contributed by atoms with Crippen LogP contribution in [0.2, 0.25) is 0 Å². The SMILES string of the molecule is Cc1ccc(NC(=O)CSc2cccc(NC(=S)Nc3ccccc3)c2)cc1C. The zero-order valence-electron chi connectivity index (χ0n) is 16.4. The Morgan fingerprint density at radius 1 is 0.793 bits per heavy atom. The van der Waals surface area contributed by atoms with Gasteiger partial charge in [0.1, 0.15) is 0 Å². The van der Waals surface area contributed by atoms with Gasteiger partial charge in [-0.1, -0.05) is 30.3 Å². The summed E-state index contributed by atoms with van der Waals surface area (Å²) in [6, 6.07) is 23.5. The molecule has 0 bridgehead atoms. The number of thiocarbonyl (C=S) groups is 1. The van der Waals surface area contributed by atoms with E-state index < -0.39 is 0 Å². The van der Waals surface area contributed by atoms with Gasteiger partial charge < -0.3 is 16.0 Å². The van der Waals surface area contributed by atoms with Crippen LogP contribution in [0.4, 0.5) is 17.1 Å². The lowest BCUT2D eigenvalue weighted by atomic mass is 10.1. The van der Waals surface area contributed by atoms with Gasteiger partial charge in [0, 0.05) is 22.0 Å². The van der Waals surface area contributed by atoms with Crippen LogP contribution in [0.3, 0.4) is 0 Å². The molecule has 1 amide bonds. The molecule has 0 saturated heterocycles. The lowest BCUT2D eigenvalue weighted by Crippen LogP contribution is -2.19. The quantitative estimate of drug-likeness (QED) is 0.345. The number of anilines is 3. The van der Waals surface area contributed by atoms with Crippen molar-refractivity contribution in [2.45, 2.75) is 18.7 Å². The summed E-state index contributed by atoms with van der Waals surface area (Å²) in [5, 5.41) is 9.79. The smallest absolute Gasteiger partial charge is 0.234 e. The summed E-state index contributed by atoms with van der Waals surface area (Å²) in [5.41, 5.74) is 5.00. The van der Waals surface area contributed by atoms with Gasteiger partial charge in [-0.2, -0.15) is 0 Å². The van der Waals surface area contributed by atoms with Crippen LogP contribution < -0.4 is 16.0 Å². The van der Waals surface area contributed by atoms with Gasteiger partial charge in [-0.15, -0.1) is 11.8 Å². The number of thioether (sulfide) groups is 1. The Bertz CT molecular complexity index is 1010. The first kappa shape index (κ1) is 20.9. The zero-order chi connectivity index (χ0) is 20.6.